The number of benzene rings is 1. The van der Waals surface area contributed by atoms with Crippen molar-refractivity contribution in [2.24, 2.45) is 0 Å². The summed E-state index contributed by atoms with van der Waals surface area (Å²) in [5.41, 5.74) is 1.09. The molecule has 0 fully saturated rings. The molecule has 1 aromatic carbocycles. The first kappa shape index (κ1) is 18.1. The molecule has 0 saturated carbocycles. The van der Waals surface area contributed by atoms with Crippen molar-refractivity contribution in [3.05, 3.63) is 46.0 Å². The molecule has 0 bridgehead atoms. The number of halogens is 1. The van der Waals surface area contributed by atoms with Crippen LogP contribution < -0.4 is 4.72 Å². The molecule has 2 rings (SSSR count). The lowest BCUT2D eigenvalue weighted by Crippen LogP contribution is -2.32. The van der Waals surface area contributed by atoms with E-state index in [2.05, 4.69) is 30.8 Å². The molecule has 1 aromatic heterocycles. The van der Waals surface area contributed by atoms with E-state index in [9.17, 15) is 8.42 Å². The van der Waals surface area contributed by atoms with Gasteiger partial charge in [0.05, 0.1) is 19.2 Å². The topological polar surface area (TPSA) is 88.3 Å². The van der Waals surface area contributed by atoms with Gasteiger partial charge in [-0.05, 0) is 24.7 Å². The summed E-state index contributed by atoms with van der Waals surface area (Å²) in [5, 5.41) is 3.95. The van der Waals surface area contributed by atoms with Gasteiger partial charge in [0.1, 0.15) is 0 Å². The number of hydrogen-bond donors (Lipinski definition) is 1. The largest absolute Gasteiger partial charge is 0.339 e. The van der Waals surface area contributed by atoms with E-state index in [4.69, 9.17) is 4.52 Å². The molecule has 0 radical (unpaired) electrons. The van der Waals surface area contributed by atoms with Gasteiger partial charge >= 0.3 is 0 Å². The molecule has 0 aliphatic heterocycles. The second kappa shape index (κ2) is 8.00. The van der Waals surface area contributed by atoms with Crippen molar-refractivity contribution in [2.45, 2.75) is 13.0 Å². The van der Waals surface area contributed by atoms with Crippen molar-refractivity contribution < 1.29 is 12.9 Å². The number of nitrogens with zero attached hydrogens (tertiary/aromatic N) is 3. The third-order valence-electron chi connectivity index (χ3n) is 3.05. The molecule has 0 atom stereocenters. The third kappa shape index (κ3) is 6.78. The maximum Gasteiger partial charge on any atom is 0.231 e. The normalized spacial score (nSPS) is 12.0. The number of hydrogen-bond acceptors (Lipinski definition) is 6. The summed E-state index contributed by atoms with van der Waals surface area (Å²) in [7, 11) is -1.29. The monoisotopic (exact) mass is 402 g/mol. The maximum atomic E-state index is 11.0. The van der Waals surface area contributed by atoms with E-state index < -0.39 is 10.0 Å². The molecular weight excluding hydrogens is 384 g/mol. The van der Waals surface area contributed by atoms with E-state index in [1.807, 2.05) is 36.2 Å². The van der Waals surface area contributed by atoms with Crippen molar-refractivity contribution in [3.63, 3.8) is 0 Å². The van der Waals surface area contributed by atoms with Crippen LogP contribution in [0.2, 0.25) is 0 Å². The second-order valence-electron chi connectivity index (χ2n) is 5.31. The van der Waals surface area contributed by atoms with Crippen LogP contribution in [-0.4, -0.2) is 49.9 Å². The van der Waals surface area contributed by atoms with Gasteiger partial charge in [-0.1, -0.05) is 33.2 Å². The average Bonchev–Trinajstić information content (AvgIpc) is 2.87. The number of aromatic nitrogens is 2. The lowest BCUT2D eigenvalue weighted by Gasteiger charge is -2.13. The molecule has 23 heavy (non-hydrogen) atoms. The van der Waals surface area contributed by atoms with Crippen LogP contribution in [-0.2, 0) is 23.0 Å². The average molecular weight is 403 g/mol. The fourth-order valence-electron chi connectivity index (χ4n) is 1.95. The molecule has 0 spiro atoms. The standard InChI is InChI=1S/C14H19BrN4O3S/c1-19(8-7-16-23(2,20)21)10-13-17-14(22-18-13)9-11-3-5-12(15)6-4-11/h3-6,16H,7-10H2,1-2H3. The molecule has 0 aliphatic carbocycles. The third-order valence-corrected chi connectivity index (χ3v) is 4.31. The molecule has 0 aliphatic rings. The minimum Gasteiger partial charge on any atom is -0.339 e. The summed E-state index contributed by atoms with van der Waals surface area (Å²) in [6.07, 6.45) is 1.72. The van der Waals surface area contributed by atoms with Crippen LogP contribution in [0.5, 0.6) is 0 Å². The Morgan fingerprint density at radius 1 is 1.30 bits per heavy atom. The zero-order valence-electron chi connectivity index (χ0n) is 13.0. The fraction of sp³-hybridized carbons (Fsp3) is 0.429. The first-order valence-electron chi connectivity index (χ1n) is 7.01. The van der Waals surface area contributed by atoms with Crippen molar-refractivity contribution >= 4 is 26.0 Å². The van der Waals surface area contributed by atoms with Gasteiger partial charge in [0, 0.05) is 17.6 Å². The van der Waals surface area contributed by atoms with Crippen molar-refractivity contribution in [1.82, 2.24) is 19.8 Å². The van der Waals surface area contributed by atoms with Gasteiger partial charge in [-0.3, -0.25) is 4.90 Å². The van der Waals surface area contributed by atoms with Crippen LogP contribution in [0, 0.1) is 0 Å². The molecule has 2 aromatic rings. The Morgan fingerprint density at radius 3 is 2.65 bits per heavy atom. The van der Waals surface area contributed by atoms with Gasteiger partial charge in [0.15, 0.2) is 5.82 Å². The van der Waals surface area contributed by atoms with Crippen LogP contribution in [0.4, 0.5) is 0 Å². The Kier molecular flexibility index (Phi) is 6.28. The van der Waals surface area contributed by atoms with Crippen molar-refractivity contribution in [3.8, 4) is 0 Å². The van der Waals surface area contributed by atoms with E-state index >= 15 is 0 Å². The molecule has 0 saturated heterocycles. The van der Waals surface area contributed by atoms with E-state index in [1.54, 1.807) is 0 Å². The first-order chi connectivity index (χ1) is 10.8. The van der Waals surface area contributed by atoms with Crippen molar-refractivity contribution in [1.29, 1.82) is 0 Å². The van der Waals surface area contributed by atoms with Gasteiger partial charge in [-0.2, -0.15) is 4.98 Å². The smallest absolute Gasteiger partial charge is 0.231 e. The first-order valence-corrected chi connectivity index (χ1v) is 9.69. The fourth-order valence-corrected chi connectivity index (χ4v) is 2.67. The van der Waals surface area contributed by atoms with Gasteiger partial charge < -0.3 is 4.52 Å². The summed E-state index contributed by atoms with van der Waals surface area (Å²) >= 11 is 3.40. The summed E-state index contributed by atoms with van der Waals surface area (Å²) in [5.74, 6) is 1.14. The van der Waals surface area contributed by atoms with E-state index in [0.29, 0.717) is 37.8 Å². The summed E-state index contributed by atoms with van der Waals surface area (Å²) < 4.78 is 30.7. The second-order valence-corrected chi connectivity index (χ2v) is 8.06. The minimum atomic E-state index is -3.16. The number of nitrogens with one attached hydrogen (secondary N) is 1. The molecule has 0 amide bonds. The van der Waals surface area contributed by atoms with Crippen molar-refractivity contribution in [2.75, 3.05) is 26.4 Å². The number of rotatable bonds is 8. The van der Waals surface area contributed by atoms with Crippen LogP contribution in [0.15, 0.2) is 33.3 Å². The zero-order valence-corrected chi connectivity index (χ0v) is 15.4. The lowest BCUT2D eigenvalue weighted by molar-refractivity contribution is 0.311. The molecule has 9 heteroatoms. The van der Waals surface area contributed by atoms with Gasteiger partial charge in [-0.25, -0.2) is 13.1 Å². The number of likely N-dealkylation sites (N-methyl/N-ethyl adjacent to an activating group) is 1. The SMILES string of the molecule is CN(CCNS(C)(=O)=O)Cc1noc(Cc2ccc(Br)cc2)n1. The highest BCUT2D eigenvalue weighted by Crippen LogP contribution is 2.13. The molecule has 7 nitrogen and oxygen atoms in total. The Hall–Kier alpha value is -1.29. The molecule has 126 valence electrons. The highest BCUT2D eigenvalue weighted by molar-refractivity contribution is 9.10. The Balaban J connectivity index is 1.83. The molecule has 1 N–H and O–H groups in total. The Morgan fingerprint density at radius 2 is 2.00 bits per heavy atom. The summed E-state index contributed by atoms with van der Waals surface area (Å²) in [4.78, 5) is 6.28. The Bertz CT molecular complexity index is 731. The highest BCUT2D eigenvalue weighted by atomic mass is 79.9. The van der Waals surface area contributed by atoms with Gasteiger partial charge in [0.2, 0.25) is 15.9 Å². The zero-order chi connectivity index (χ0) is 16.9. The van der Waals surface area contributed by atoms with Crippen LogP contribution >= 0.6 is 15.9 Å². The molecule has 1 heterocycles. The lowest BCUT2D eigenvalue weighted by atomic mass is 10.1. The predicted octanol–water partition coefficient (Wildman–Crippen LogP) is 1.40. The van der Waals surface area contributed by atoms with E-state index in [-0.39, 0.29) is 0 Å². The van der Waals surface area contributed by atoms with Crippen LogP contribution in [0.3, 0.4) is 0 Å². The molecule has 0 unspecified atom stereocenters. The van der Waals surface area contributed by atoms with Gasteiger partial charge in [-0.15, -0.1) is 0 Å². The predicted molar refractivity (Wildman–Crippen MR) is 90.4 cm³/mol. The number of sulfonamides is 1. The van der Waals surface area contributed by atoms with Gasteiger partial charge in [0.25, 0.3) is 0 Å². The maximum absolute atomic E-state index is 11.0. The quantitative estimate of drug-likeness (QED) is 0.717. The highest BCUT2D eigenvalue weighted by Gasteiger charge is 2.10. The minimum absolute atomic E-state index is 0.346. The molecular formula is C14H19BrN4O3S. The Labute approximate surface area is 144 Å². The summed E-state index contributed by atoms with van der Waals surface area (Å²) in [6, 6.07) is 7.93. The van der Waals surface area contributed by atoms with Crippen LogP contribution in [0.1, 0.15) is 17.3 Å². The van der Waals surface area contributed by atoms with E-state index in [1.165, 1.54) is 0 Å². The summed E-state index contributed by atoms with van der Waals surface area (Å²) in [6.45, 7) is 1.40. The van der Waals surface area contributed by atoms with E-state index in [0.717, 1.165) is 16.3 Å². The van der Waals surface area contributed by atoms with Crippen LogP contribution in [0.25, 0.3) is 0 Å².